The number of rotatable bonds is 5. The maximum Gasteiger partial charge on any atom is 0.0225 e. The van der Waals surface area contributed by atoms with Crippen molar-refractivity contribution >= 4 is 0 Å². The van der Waals surface area contributed by atoms with Gasteiger partial charge in [-0.05, 0) is 7.05 Å². The zero-order chi connectivity index (χ0) is 6.24. The van der Waals surface area contributed by atoms with Crippen LogP contribution in [0.25, 0.3) is 0 Å². The van der Waals surface area contributed by atoms with E-state index >= 15 is 0 Å². The van der Waals surface area contributed by atoms with E-state index < -0.39 is 0 Å². The number of likely N-dealkylation sites (N-methyl/N-ethyl adjacent to an activating group) is 1. The highest BCUT2D eigenvalue weighted by atomic mass is 14.9. The minimum atomic E-state index is 0.476. The second kappa shape index (κ2) is 6.88. The SMILES string of the molecule is CNCCNCC[NH]. The molecular formula is C5H14N3. The highest BCUT2D eigenvalue weighted by Gasteiger charge is 1.79. The first-order chi connectivity index (χ1) is 3.91. The summed E-state index contributed by atoms with van der Waals surface area (Å²) >= 11 is 0. The molecule has 0 saturated heterocycles. The molecule has 0 heterocycles. The Labute approximate surface area is 50.6 Å². The van der Waals surface area contributed by atoms with Gasteiger partial charge in [0.25, 0.3) is 0 Å². The third-order valence-electron chi connectivity index (χ3n) is 0.854. The Morgan fingerprint density at radius 3 is 2.50 bits per heavy atom. The van der Waals surface area contributed by atoms with Gasteiger partial charge in [0, 0.05) is 26.2 Å². The fraction of sp³-hybridized carbons (Fsp3) is 1.00. The fourth-order valence-electron chi connectivity index (χ4n) is 0.427. The Balaban J connectivity index is 2.53. The molecule has 0 aliphatic heterocycles. The largest absolute Gasteiger partial charge is 0.318 e. The Morgan fingerprint density at radius 2 is 2.00 bits per heavy atom. The molecule has 1 radical (unpaired) electrons. The van der Waals surface area contributed by atoms with Gasteiger partial charge in [-0.3, -0.25) is 5.73 Å². The van der Waals surface area contributed by atoms with Gasteiger partial charge in [0.1, 0.15) is 0 Å². The van der Waals surface area contributed by atoms with Crippen LogP contribution in [0, 0.1) is 0 Å². The lowest BCUT2D eigenvalue weighted by atomic mass is 10.6. The summed E-state index contributed by atoms with van der Waals surface area (Å²) in [4.78, 5) is 0. The second-order valence-corrected chi connectivity index (χ2v) is 1.60. The molecule has 0 aliphatic rings. The van der Waals surface area contributed by atoms with Crippen LogP contribution >= 0.6 is 0 Å². The van der Waals surface area contributed by atoms with E-state index in [4.69, 9.17) is 5.73 Å². The summed E-state index contributed by atoms with van der Waals surface area (Å²) in [6.45, 7) is 3.24. The summed E-state index contributed by atoms with van der Waals surface area (Å²) in [7, 11) is 1.92. The molecule has 0 fully saturated rings. The lowest BCUT2D eigenvalue weighted by Gasteiger charge is -1.99. The van der Waals surface area contributed by atoms with Crippen LogP contribution in [0.1, 0.15) is 0 Å². The van der Waals surface area contributed by atoms with Gasteiger partial charge in [0.05, 0.1) is 0 Å². The molecule has 0 aromatic heterocycles. The molecule has 0 bridgehead atoms. The maximum absolute atomic E-state index is 6.76. The van der Waals surface area contributed by atoms with Gasteiger partial charge in [0.2, 0.25) is 0 Å². The van der Waals surface area contributed by atoms with Crippen molar-refractivity contribution in [2.24, 2.45) is 0 Å². The summed E-state index contributed by atoms with van der Waals surface area (Å²) in [6, 6.07) is 0. The van der Waals surface area contributed by atoms with Crippen molar-refractivity contribution in [3.05, 3.63) is 0 Å². The molecule has 3 N–H and O–H groups in total. The number of hydrogen-bond acceptors (Lipinski definition) is 2. The van der Waals surface area contributed by atoms with Crippen molar-refractivity contribution in [1.29, 1.82) is 0 Å². The van der Waals surface area contributed by atoms with E-state index in [9.17, 15) is 0 Å². The maximum atomic E-state index is 6.76. The molecular weight excluding hydrogens is 102 g/mol. The molecule has 0 amide bonds. The van der Waals surface area contributed by atoms with E-state index in [0.29, 0.717) is 6.54 Å². The van der Waals surface area contributed by atoms with Gasteiger partial charge in [-0.2, -0.15) is 0 Å². The standard InChI is InChI=1S/C5H14N3/c1-7-4-5-8-3-2-6/h6-8H,2-5H2,1H3. The quantitative estimate of drug-likeness (QED) is 0.456. The summed E-state index contributed by atoms with van der Waals surface area (Å²) in [5.41, 5.74) is 6.76. The summed E-state index contributed by atoms with van der Waals surface area (Å²) < 4.78 is 0. The van der Waals surface area contributed by atoms with Gasteiger partial charge >= 0.3 is 0 Å². The van der Waals surface area contributed by atoms with Crippen molar-refractivity contribution in [2.45, 2.75) is 0 Å². The van der Waals surface area contributed by atoms with Crippen LogP contribution in [-0.4, -0.2) is 33.2 Å². The number of nitrogens with one attached hydrogen (secondary N) is 3. The Kier molecular flexibility index (Phi) is 6.78. The smallest absolute Gasteiger partial charge is 0.0225 e. The van der Waals surface area contributed by atoms with Crippen molar-refractivity contribution < 1.29 is 0 Å². The molecule has 0 rings (SSSR count). The Morgan fingerprint density at radius 1 is 1.25 bits per heavy atom. The summed E-state index contributed by atoms with van der Waals surface area (Å²) in [5, 5.41) is 6.09. The fourth-order valence-corrected chi connectivity index (χ4v) is 0.427. The average molecular weight is 116 g/mol. The lowest BCUT2D eigenvalue weighted by molar-refractivity contribution is 0.651. The van der Waals surface area contributed by atoms with Crippen molar-refractivity contribution in [1.82, 2.24) is 16.4 Å². The van der Waals surface area contributed by atoms with Gasteiger partial charge < -0.3 is 10.6 Å². The minimum Gasteiger partial charge on any atom is -0.318 e. The predicted octanol–water partition coefficient (Wildman–Crippen LogP) is -0.922. The van der Waals surface area contributed by atoms with Gasteiger partial charge in [-0.25, -0.2) is 0 Å². The normalized spacial score (nSPS) is 9.75. The van der Waals surface area contributed by atoms with Crippen molar-refractivity contribution in [2.75, 3.05) is 33.2 Å². The molecule has 0 unspecified atom stereocenters. The molecule has 3 heteroatoms. The van der Waals surface area contributed by atoms with Gasteiger partial charge in [-0.15, -0.1) is 0 Å². The molecule has 0 aromatic rings. The molecule has 8 heavy (non-hydrogen) atoms. The van der Waals surface area contributed by atoms with Crippen molar-refractivity contribution in [3.63, 3.8) is 0 Å². The zero-order valence-corrected chi connectivity index (χ0v) is 5.33. The van der Waals surface area contributed by atoms with Gasteiger partial charge in [-0.1, -0.05) is 0 Å². The molecule has 0 saturated carbocycles. The molecule has 0 aliphatic carbocycles. The average Bonchev–Trinajstić information content (AvgIpc) is 1.81. The van der Waals surface area contributed by atoms with Crippen LogP contribution in [0.4, 0.5) is 0 Å². The lowest BCUT2D eigenvalue weighted by Crippen LogP contribution is -2.27. The predicted molar refractivity (Wildman–Crippen MR) is 34.8 cm³/mol. The second-order valence-electron chi connectivity index (χ2n) is 1.60. The van der Waals surface area contributed by atoms with Crippen LogP contribution in [-0.2, 0) is 0 Å². The highest BCUT2D eigenvalue weighted by molar-refractivity contribution is 4.47. The first kappa shape index (κ1) is 7.88. The molecule has 0 spiro atoms. The molecule has 49 valence electrons. The van der Waals surface area contributed by atoms with E-state index in [1.807, 2.05) is 7.05 Å². The van der Waals surface area contributed by atoms with Crippen LogP contribution in [0.5, 0.6) is 0 Å². The Hall–Kier alpha value is -0.120. The minimum absolute atomic E-state index is 0.476. The van der Waals surface area contributed by atoms with E-state index in [1.165, 1.54) is 0 Å². The summed E-state index contributed by atoms with van der Waals surface area (Å²) in [5.74, 6) is 0. The third kappa shape index (κ3) is 5.88. The van der Waals surface area contributed by atoms with Crippen LogP contribution in [0.2, 0.25) is 0 Å². The van der Waals surface area contributed by atoms with Crippen LogP contribution in [0.15, 0.2) is 0 Å². The van der Waals surface area contributed by atoms with E-state index in [1.54, 1.807) is 0 Å². The summed E-state index contributed by atoms with van der Waals surface area (Å²) in [6.07, 6.45) is 0. The third-order valence-corrected chi connectivity index (χ3v) is 0.854. The van der Waals surface area contributed by atoms with Crippen LogP contribution < -0.4 is 16.4 Å². The van der Waals surface area contributed by atoms with Crippen LogP contribution in [0.3, 0.4) is 0 Å². The molecule has 0 aromatic carbocycles. The topological polar surface area (TPSA) is 47.9 Å². The molecule has 0 atom stereocenters. The monoisotopic (exact) mass is 116 g/mol. The Bertz CT molecular complexity index is 32.7. The van der Waals surface area contributed by atoms with E-state index in [-0.39, 0.29) is 0 Å². The highest BCUT2D eigenvalue weighted by Crippen LogP contribution is 1.54. The van der Waals surface area contributed by atoms with E-state index in [0.717, 1.165) is 19.6 Å². The van der Waals surface area contributed by atoms with Gasteiger partial charge in [0.15, 0.2) is 0 Å². The first-order valence-electron chi connectivity index (χ1n) is 2.91. The van der Waals surface area contributed by atoms with Crippen molar-refractivity contribution in [3.8, 4) is 0 Å². The zero-order valence-electron chi connectivity index (χ0n) is 5.33. The number of hydrogen-bond donors (Lipinski definition) is 2. The first-order valence-corrected chi connectivity index (χ1v) is 2.91. The van der Waals surface area contributed by atoms with E-state index in [2.05, 4.69) is 10.6 Å². The molecule has 3 nitrogen and oxygen atoms in total.